The van der Waals surface area contributed by atoms with Gasteiger partial charge in [-0.05, 0) is 25.0 Å². The zero-order valence-corrected chi connectivity index (χ0v) is 13.7. The Kier molecular flexibility index (Phi) is 4.08. The van der Waals surface area contributed by atoms with Crippen molar-refractivity contribution in [1.82, 2.24) is 9.88 Å². The number of likely N-dealkylation sites (tertiary alicyclic amines) is 1. The first-order valence-electron chi connectivity index (χ1n) is 8.70. The summed E-state index contributed by atoms with van der Waals surface area (Å²) in [5, 5.41) is 1.17. The molecule has 0 aliphatic carbocycles. The number of hydrogen-bond donors (Lipinski definition) is 0. The largest absolute Gasteiger partial charge is 0.371 e. The first-order chi connectivity index (χ1) is 11.8. The fourth-order valence-corrected chi connectivity index (χ4v) is 4.04. The summed E-state index contributed by atoms with van der Waals surface area (Å²) in [7, 11) is 0. The van der Waals surface area contributed by atoms with Gasteiger partial charge in [-0.25, -0.2) is 0 Å². The first-order valence-corrected chi connectivity index (χ1v) is 8.70. The summed E-state index contributed by atoms with van der Waals surface area (Å²) in [4.78, 5) is 20.8. The number of aromatic nitrogens is 1. The quantitative estimate of drug-likeness (QED) is 0.869. The second kappa shape index (κ2) is 6.38. The smallest absolute Gasteiger partial charge is 0.223 e. The number of anilines is 1. The number of carbonyl (C=O) groups is 1. The molecule has 1 amide bonds. The summed E-state index contributed by atoms with van der Waals surface area (Å²) < 4.78 is 12.9. The Morgan fingerprint density at radius 2 is 1.96 bits per heavy atom. The van der Waals surface area contributed by atoms with E-state index in [0.29, 0.717) is 13.0 Å². The maximum Gasteiger partial charge on any atom is 0.223 e. The van der Waals surface area contributed by atoms with Gasteiger partial charge in [-0.2, -0.15) is 0 Å². The highest BCUT2D eigenvalue weighted by atomic mass is 19.1. The van der Waals surface area contributed by atoms with Crippen molar-refractivity contribution in [3.05, 3.63) is 36.5 Å². The topological polar surface area (TPSA) is 36.4 Å². The monoisotopic (exact) mass is 327 g/mol. The minimum Gasteiger partial charge on any atom is -0.371 e. The molecular weight excluding hydrogens is 305 g/mol. The van der Waals surface area contributed by atoms with Gasteiger partial charge in [0.25, 0.3) is 0 Å². The van der Waals surface area contributed by atoms with Crippen LogP contribution in [-0.2, 0) is 4.79 Å². The molecular formula is C19H22FN3O. The molecule has 2 fully saturated rings. The average molecular weight is 327 g/mol. The van der Waals surface area contributed by atoms with Crippen molar-refractivity contribution in [2.24, 2.45) is 5.92 Å². The number of pyridine rings is 1. The molecule has 3 heterocycles. The van der Waals surface area contributed by atoms with Gasteiger partial charge in [-0.1, -0.05) is 18.2 Å². The van der Waals surface area contributed by atoms with Gasteiger partial charge in [-0.3, -0.25) is 14.2 Å². The van der Waals surface area contributed by atoms with Crippen LogP contribution in [0.5, 0.6) is 0 Å². The summed E-state index contributed by atoms with van der Waals surface area (Å²) in [6.45, 7) is 2.05. The molecule has 1 atom stereocenters. The van der Waals surface area contributed by atoms with Crippen molar-refractivity contribution >= 4 is 22.5 Å². The Bertz CT molecular complexity index is 737. The first kappa shape index (κ1) is 15.4. The number of halogens is 1. The van der Waals surface area contributed by atoms with Crippen LogP contribution in [-0.4, -0.2) is 48.1 Å². The van der Waals surface area contributed by atoms with Gasteiger partial charge in [-0.15, -0.1) is 0 Å². The Morgan fingerprint density at radius 1 is 1.17 bits per heavy atom. The van der Waals surface area contributed by atoms with Gasteiger partial charge in [0.2, 0.25) is 5.91 Å². The van der Waals surface area contributed by atoms with Gasteiger partial charge in [0, 0.05) is 55.3 Å². The molecule has 1 aromatic carbocycles. The fraction of sp³-hybridized carbons (Fsp3) is 0.474. The third-order valence-electron chi connectivity index (χ3n) is 5.33. The Hall–Kier alpha value is -2.17. The molecule has 2 aliphatic heterocycles. The molecule has 0 saturated carbocycles. The highest BCUT2D eigenvalue weighted by molar-refractivity contribution is 5.91. The summed E-state index contributed by atoms with van der Waals surface area (Å²) in [5.41, 5.74) is 2.23. The molecule has 2 saturated heterocycles. The molecule has 4 rings (SSSR count). The Balaban J connectivity index is 1.47. The third-order valence-corrected chi connectivity index (χ3v) is 5.33. The molecule has 2 aromatic rings. The highest BCUT2D eigenvalue weighted by Gasteiger charge is 2.35. The Labute approximate surface area is 141 Å². The zero-order valence-electron chi connectivity index (χ0n) is 13.7. The van der Waals surface area contributed by atoms with E-state index in [0.717, 1.165) is 31.4 Å². The van der Waals surface area contributed by atoms with Crippen LogP contribution in [0.1, 0.15) is 19.3 Å². The van der Waals surface area contributed by atoms with Crippen LogP contribution < -0.4 is 4.90 Å². The molecule has 4 nitrogen and oxygen atoms in total. The van der Waals surface area contributed by atoms with Crippen molar-refractivity contribution in [1.29, 1.82) is 0 Å². The van der Waals surface area contributed by atoms with Crippen molar-refractivity contribution < 1.29 is 9.18 Å². The minimum atomic E-state index is -0.385. The normalized spacial score (nSPS) is 22.5. The van der Waals surface area contributed by atoms with E-state index in [1.807, 2.05) is 29.3 Å². The molecule has 0 radical (unpaired) electrons. The van der Waals surface area contributed by atoms with Crippen LogP contribution in [0.3, 0.4) is 0 Å². The number of hydrogen-bond acceptors (Lipinski definition) is 3. The average Bonchev–Trinajstić information content (AvgIpc) is 3.02. The van der Waals surface area contributed by atoms with E-state index in [2.05, 4.69) is 22.0 Å². The standard InChI is InChI=1S/C19H22FN3O/c20-12-14-11-19(24)23(13-14)15-6-9-22(10-7-15)18-5-8-21-17-4-2-1-3-16(17)18/h1-5,8,14-15H,6-7,9-13H2. The number of fused-ring (bicyclic) bond motifs is 1. The number of amides is 1. The van der Waals surface area contributed by atoms with Crippen molar-refractivity contribution in [3.8, 4) is 0 Å². The van der Waals surface area contributed by atoms with E-state index < -0.39 is 0 Å². The lowest BCUT2D eigenvalue weighted by Crippen LogP contribution is -2.45. The van der Waals surface area contributed by atoms with E-state index in [9.17, 15) is 9.18 Å². The lowest BCUT2D eigenvalue weighted by atomic mass is 10.0. The fourth-order valence-electron chi connectivity index (χ4n) is 4.04. The predicted octanol–water partition coefficient (Wildman–Crippen LogP) is 3.02. The molecule has 1 unspecified atom stereocenters. The minimum absolute atomic E-state index is 0.0975. The van der Waals surface area contributed by atoms with Gasteiger partial charge in [0.1, 0.15) is 0 Å². The van der Waals surface area contributed by atoms with Gasteiger partial charge in [0.15, 0.2) is 0 Å². The predicted molar refractivity (Wildman–Crippen MR) is 92.8 cm³/mol. The molecule has 24 heavy (non-hydrogen) atoms. The van der Waals surface area contributed by atoms with E-state index in [1.54, 1.807) is 0 Å². The molecule has 0 spiro atoms. The van der Waals surface area contributed by atoms with Crippen LogP contribution in [0.25, 0.3) is 10.9 Å². The lowest BCUT2D eigenvalue weighted by molar-refractivity contribution is -0.130. The second-order valence-corrected chi connectivity index (χ2v) is 6.84. The number of nitrogens with zero attached hydrogens (tertiary/aromatic N) is 3. The van der Waals surface area contributed by atoms with E-state index >= 15 is 0 Å². The summed E-state index contributed by atoms with van der Waals surface area (Å²) in [5.74, 6) is 0.0325. The maximum absolute atomic E-state index is 12.9. The number of benzene rings is 1. The van der Waals surface area contributed by atoms with Crippen LogP contribution >= 0.6 is 0 Å². The molecule has 126 valence electrons. The maximum atomic E-state index is 12.9. The summed E-state index contributed by atoms with van der Waals surface area (Å²) in [6, 6.07) is 10.5. The van der Waals surface area contributed by atoms with Crippen molar-refractivity contribution in [2.75, 3.05) is 31.2 Å². The number of rotatable bonds is 3. The van der Waals surface area contributed by atoms with Crippen LogP contribution in [0.15, 0.2) is 36.5 Å². The van der Waals surface area contributed by atoms with E-state index in [1.165, 1.54) is 11.1 Å². The van der Waals surface area contributed by atoms with Gasteiger partial charge in [0.05, 0.1) is 12.2 Å². The van der Waals surface area contributed by atoms with E-state index in [-0.39, 0.29) is 24.5 Å². The summed E-state index contributed by atoms with van der Waals surface area (Å²) in [6.07, 6.45) is 4.13. The summed E-state index contributed by atoms with van der Waals surface area (Å²) >= 11 is 0. The van der Waals surface area contributed by atoms with Crippen molar-refractivity contribution in [2.45, 2.75) is 25.3 Å². The van der Waals surface area contributed by atoms with Crippen LogP contribution in [0.4, 0.5) is 10.1 Å². The molecule has 0 N–H and O–H groups in total. The lowest BCUT2D eigenvalue weighted by Gasteiger charge is -2.38. The molecule has 0 bridgehead atoms. The number of para-hydroxylation sites is 1. The SMILES string of the molecule is O=C1CC(CF)CN1C1CCN(c2ccnc3ccccc23)CC1. The van der Waals surface area contributed by atoms with Gasteiger partial charge >= 0.3 is 0 Å². The highest BCUT2D eigenvalue weighted by Crippen LogP contribution is 2.30. The number of alkyl halides is 1. The second-order valence-electron chi connectivity index (χ2n) is 6.84. The van der Waals surface area contributed by atoms with Crippen molar-refractivity contribution in [3.63, 3.8) is 0 Å². The molecule has 5 heteroatoms. The van der Waals surface area contributed by atoms with Crippen LogP contribution in [0, 0.1) is 5.92 Å². The van der Waals surface area contributed by atoms with E-state index in [4.69, 9.17) is 0 Å². The third kappa shape index (κ3) is 2.72. The number of piperidine rings is 1. The molecule has 2 aliphatic rings. The van der Waals surface area contributed by atoms with Gasteiger partial charge < -0.3 is 9.80 Å². The molecule has 1 aromatic heterocycles. The number of carbonyl (C=O) groups excluding carboxylic acids is 1. The van der Waals surface area contributed by atoms with Crippen LogP contribution in [0.2, 0.25) is 0 Å². The Morgan fingerprint density at radius 3 is 2.71 bits per heavy atom. The zero-order chi connectivity index (χ0) is 16.5.